The number of furan rings is 1. The molecule has 2 aliphatic rings. The molecule has 1 fully saturated rings. The molecule has 2 bridgehead atoms. The van der Waals surface area contributed by atoms with Crippen LogP contribution in [0.15, 0.2) is 22.6 Å². The van der Waals surface area contributed by atoms with E-state index in [1.807, 2.05) is 12.2 Å². The predicted octanol–water partition coefficient (Wildman–Crippen LogP) is 1.57. The van der Waals surface area contributed by atoms with E-state index in [-0.39, 0.29) is 23.6 Å². The van der Waals surface area contributed by atoms with Crippen LogP contribution < -0.4 is 0 Å². The highest BCUT2D eigenvalue weighted by atomic mass is 16.4. The summed E-state index contributed by atoms with van der Waals surface area (Å²) < 4.78 is 5.28. The van der Waals surface area contributed by atoms with Crippen molar-refractivity contribution >= 4 is 11.9 Å². The Morgan fingerprint density at radius 1 is 1.56 bits per heavy atom. The minimum atomic E-state index is -1.08. The summed E-state index contributed by atoms with van der Waals surface area (Å²) in [5, 5.41) is 8.91. The molecule has 1 saturated heterocycles. The summed E-state index contributed by atoms with van der Waals surface area (Å²) >= 11 is 0. The van der Waals surface area contributed by atoms with E-state index in [0.29, 0.717) is 17.9 Å². The number of rotatable bonds is 3. The van der Waals surface area contributed by atoms with E-state index in [9.17, 15) is 9.59 Å². The molecular formula is C13H13NO4. The molecule has 1 amide bonds. The van der Waals surface area contributed by atoms with Gasteiger partial charge in [0.05, 0.1) is 18.5 Å². The minimum absolute atomic E-state index is 0.00463. The molecule has 1 aromatic heterocycles. The number of carboxylic acid groups (broad SMARTS) is 1. The third-order valence-corrected chi connectivity index (χ3v) is 3.55. The molecule has 2 heterocycles. The van der Waals surface area contributed by atoms with Gasteiger partial charge in [-0.1, -0.05) is 12.2 Å². The monoisotopic (exact) mass is 247 g/mol. The van der Waals surface area contributed by atoms with E-state index in [1.165, 1.54) is 0 Å². The number of hydrogen-bond donors (Lipinski definition) is 1. The van der Waals surface area contributed by atoms with Gasteiger partial charge in [-0.05, 0) is 19.4 Å². The van der Waals surface area contributed by atoms with E-state index in [4.69, 9.17) is 9.52 Å². The molecule has 0 spiro atoms. The quantitative estimate of drug-likeness (QED) is 0.823. The predicted molar refractivity (Wildman–Crippen MR) is 62.0 cm³/mol. The largest absolute Gasteiger partial charge is 0.475 e. The Morgan fingerprint density at radius 2 is 2.33 bits per heavy atom. The highest BCUT2D eigenvalue weighted by Crippen LogP contribution is 2.34. The molecule has 1 aliphatic heterocycles. The van der Waals surface area contributed by atoms with E-state index < -0.39 is 5.97 Å². The molecule has 2 unspecified atom stereocenters. The molecule has 5 nitrogen and oxygen atoms in total. The zero-order chi connectivity index (χ0) is 12.9. The maximum Gasteiger partial charge on any atom is 0.372 e. The second-order valence-corrected chi connectivity index (χ2v) is 4.79. The highest BCUT2D eigenvalue weighted by molar-refractivity contribution is 5.86. The third-order valence-electron chi connectivity index (χ3n) is 3.55. The Labute approximate surface area is 104 Å². The normalized spacial score (nSPS) is 25.2. The van der Waals surface area contributed by atoms with Crippen molar-refractivity contribution in [2.75, 3.05) is 0 Å². The first-order valence-corrected chi connectivity index (χ1v) is 5.87. The molecule has 0 radical (unpaired) electrons. The van der Waals surface area contributed by atoms with Crippen LogP contribution in [0.25, 0.3) is 0 Å². The van der Waals surface area contributed by atoms with E-state index >= 15 is 0 Å². The van der Waals surface area contributed by atoms with Gasteiger partial charge in [-0.15, -0.1) is 0 Å². The van der Waals surface area contributed by atoms with Crippen LogP contribution in [0.5, 0.6) is 0 Å². The Kier molecular flexibility index (Phi) is 2.29. The van der Waals surface area contributed by atoms with E-state index in [2.05, 4.69) is 0 Å². The molecule has 5 heteroatoms. The van der Waals surface area contributed by atoms with Gasteiger partial charge in [0.1, 0.15) is 5.76 Å². The summed E-state index contributed by atoms with van der Waals surface area (Å²) in [4.78, 5) is 24.5. The second-order valence-electron chi connectivity index (χ2n) is 4.79. The number of fused-ring (bicyclic) bond motifs is 2. The van der Waals surface area contributed by atoms with Crippen LogP contribution in [0.4, 0.5) is 0 Å². The molecule has 1 N–H and O–H groups in total. The lowest BCUT2D eigenvalue weighted by molar-refractivity contribution is -0.131. The van der Waals surface area contributed by atoms with Crippen LogP contribution in [-0.4, -0.2) is 27.9 Å². The van der Waals surface area contributed by atoms with Crippen molar-refractivity contribution in [1.29, 1.82) is 0 Å². The zero-order valence-electron chi connectivity index (χ0n) is 9.92. The Bertz CT molecular complexity index is 557. The molecule has 2 atom stereocenters. The number of amides is 1. The summed E-state index contributed by atoms with van der Waals surface area (Å²) in [5.41, 5.74) is 0.588. The number of carbonyl (C=O) groups is 2. The maximum absolute atomic E-state index is 11.9. The van der Waals surface area contributed by atoms with Crippen molar-refractivity contribution in [3.05, 3.63) is 35.3 Å². The Morgan fingerprint density at radius 3 is 2.89 bits per heavy atom. The lowest BCUT2D eigenvalue weighted by Gasteiger charge is -2.22. The van der Waals surface area contributed by atoms with Crippen LogP contribution in [0.1, 0.15) is 28.3 Å². The van der Waals surface area contributed by atoms with Crippen molar-refractivity contribution in [2.45, 2.75) is 25.9 Å². The van der Waals surface area contributed by atoms with Crippen LogP contribution in [0, 0.1) is 12.8 Å². The highest BCUT2D eigenvalue weighted by Gasteiger charge is 2.41. The molecule has 0 aromatic carbocycles. The van der Waals surface area contributed by atoms with Crippen molar-refractivity contribution in [3.63, 3.8) is 0 Å². The number of carboxylic acids is 1. The van der Waals surface area contributed by atoms with Gasteiger partial charge < -0.3 is 14.4 Å². The van der Waals surface area contributed by atoms with Gasteiger partial charge in [-0.2, -0.15) is 0 Å². The third kappa shape index (κ3) is 1.54. The fraction of sp³-hybridized carbons (Fsp3) is 0.385. The van der Waals surface area contributed by atoms with Crippen LogP contribution in [-0.2, 0) is 11.3 Å². The fourth-order valence-corrected chi connectivity index (χ4v) is 2.67. The number of aromatic carboxylic acids is 1. The first-order valence-electron chi connectivity index (χ1n) is 5.87. The first kappa shape index (κ1) is 11.1. The van der Waals surface area contributed by atoms with Crippen molar-refractivity contribution in [1.82, 2.24) is 4.90 Å². The van der Waals surface area contributed by atoms with Gasteiger partial charge in [0.25, 0.3) is 0 Å². The summed E-state index contributed by atoms with van der Waals surface area (Å²) in [7, 11) is 0. The molecule has 1 aliphatic carbocycles. The van der Waals surface area contributed by atoms with Crippen LogP contribution in [0.3, 0.4) is 0 Å². The summed E-state index contributed by atoms with van der Waals surface area (Å²) in [6, 6.07) is 1.83. The SMILES string of the molecule is Cc1cc(CN2C(=O)C3C=CC2C3)oc1C(=O)O. The van der Waals surface area contributed by atoms with E-state index in [0.717, 1.165) is 6.42 Å². The van der Waals surface area contributed by atoms with Crippen LogP contribution >= 0.6 is 0 Å². The molecule has 0 saturated carbocycles. The first-order chi connectivity index (χ1) is 8.56. The fourth-order valence-electron chi connectivity index (χ4n) is 2.67. The second kappa shape index (κ2) is 3.73. The molecule has 3 rings (SSSR count). The Balaban J connectivity index is 1.81. The van der Waals surface area contributed by atoms with E-state index in [1.54, 1.807) is 17.9 Å². The summed E-state index contributed by atoms with van der Waals surface area (Å²) in [6.07, 6.45) is 4.81. The minimum Gasteiger partial charge on any atom is -0.475 e. The van der Waals surface area contributed by atoms with Crippen molar-refractivity contribution in [2.24, 2.45) is 5.92 Å². The standard InChI is InChI=1S/C13H13NO4/c1-7-4-10(18-11(7)13(16)17)6-14-9-3-2-8(5-9)12(14)15/h2-4,8-9H,5-6H2,1H3,(H,16,17). The molecular weight excluding hydrogens is 234 g/mol. The van der Waals surface area contributed by atoms with Gasteiger partial charge in [-0.25, -0.2) is 4.79 Å². The molecule has 18 heavy (non-hydrogen) atoms. The Hall–Kier alpha value is -2.04. The lowest BCUT2D eigenvalue weighted by atomic mass is 10.1. The smallest absolute Gasteiger partial charge is 0.372 e. The number of hydrogen-bond acceptors (Lipinski definition) is 3. The molecule has 94 valence electrons. The number of likely N-dealkylation sites (tertiary alicyclic amines) is 1. The van der Waals surface area contributed by atoms with Crippen molar-refractivity contribution in [3.8, 4) is 0 Å². The summed E-state index contributed by atoms with van der Waals surface area (Å²) in [5.74, 6) is -0.483. The van der Waals surface area contributed by atoms with Gasteiger partial charge in [0.15, 0.2) is 0 Å². The van der Waals surface area contributed by atoms with Gasteiger partial charge in [-0.3, -0.25) is 4.79 Å². The number of carbonyl (C=O) groups excluding carboxylic acids is 1. The number of aryl methyl sites for hydroxylation is 1. The average Bonchev–Trinajstić information content (AvgIpc) is 2.96. The van der Waals surface area contributed by atoms with Gasteiger partial charge in [0.2, 0.25) is 11.7 Å². The van der Waals surface area contributed by atoms with Gasteiger partial charge in [0, 0.05) is 5.56 Å². The lowest BCUT2D eigenvalue weighted by Crippen LogP contribution is -2.33. The summed E-state index contributed by atoms with van der Waals surface area (Å²) in [6.45, 7) is 2.03. The van der Waals surface area contributed by atoms with Crippen LogP contribution in [0.2, 0.25) is 0 Å². The topological polar surface area (TPSA) is 70.8 Å². The van der Waals surface area contributed by atoms with Gasteiger partial charge >= 0.3 is 5.97 Å². The average molecular weight is 247 g/mol. The molecule has 1 aromatic rings. The van der Waals surface area contributed by atoms with Crippen molar-refractivity contribution < 1.29 is 19.1 Å². The maximum atomic E-state index is 11.9. The zero-order valence-corrected chi connectivity index (χ0v) is 9.92. The number of nitrogens with zero attached hydrogens (tertiary/aromatic N) is 1.